The molecule has 1 atom stereocenters. The smallest absolute Gasteiger partial charge is 0.0429 e. The van der Waals surface area contributed by atoms with Crippen molar-refractivity contribution in [2.75, 3.05) is 6.16 Å². The third kappa shape index (κ3) is 4.31. The molecule has 0 rings (SSSR count). The molecule has 0 amide bonds. The van der Waals surface area contributed by atoms with Gasteiger partial charge in [0.15, 0.2) is 0 Å². The molecular weight excluding hydrogens is 101 g/mol. The first kappa shape index (κ1) is 6.31. The minimum atomic E-state index is 0.354. The first-order chi connectivity index (χ1) is 2.91. The van der Waals surface area contributed by atoms with Gasteiger partial charge in [0.25, 0.3) is 0 Å². The molecule has 38 valence electrons. The van der Waals surface area contributed by atoms with E-state index in [0.29, 0.717) is 8.81 Å². The average molecular weight is 109 g/mol. The van der Waals surface area contributed by atoms with Crippen LogP contribution in [0, 0.1) is 0 Å². The second-order valence-corrected chi connectivity index (χ2v) is 1.89. The first-order valence-corrected chi connectivity index (χ1v) is 2.81. The van der Waals surface area contributed by atoms with Gasteiger partial charge in [0.05, 0.1) is 0 Å². The van der Waals surface area contributed by atoms with Gasteiger partial charge in [0, 0.05) is 8.81 Å². The molecule has 0 spiro atoms. The van der Waals surface area contributed by atoms with Gasteiger partial charge in [-0.2, -0.15) is 0 Å². The Labute approximate surface area is 38.5 Å². The minimum Gasteiger partial charge on any atom is -0.292 e. The van der Waals surface area contributed by atoms with Crippen LogP contribution in [0.2, 0.25) is 0 Å². The molecule has 0 radical (unpaired) electrons. The first-order valence-electron chi connectivity index (χ1n) is 1.69. The summed E-state index contributed by atoms with van der Waals surface area (Å²) in [6, 6.07) is 0. The SMILES string of the molecule is CCPONO. The van der Waals surface area contributed by atoms with Gasteiger partial charge in [-0.05, 0) is 6.16 Å². The average Bonchev–Trinajstić information content (AvgIpc) is 1.61. The summed E-state index contributed by atoms with van der Waals surface area (Å²) in [6.07, 6.45) is 0.938. The Morgan fingerprint density at radius 3 is 2.83 bits per heavy atom. The van der Waals surface area contributed by atoms with E-state index in [9.17, 15) is 0 Å². The normalized spacial score (nSPS) is 11.0. The summed E-state index contributed by atoms with van der Waals surface area (Å²) in [7, 11) is 0.354. The maximum atomic E-state index is 7.73. The lowest BCUT2D eigenvalue weighted by atomic mass is 11.0. The predicted octanol–water partition coefficient (Wildman–Crippen LogP) is 0.510. The van der Waals surface area contributed by atoms with E-state index in [0.717, 1.165) is 6.16 Å². The Hall–Kier alpha value is 0.310. The zero-order chi connectivity index (χ0) is 4.83. The molecule has 0 aromatic heterocycles. The van der Waals surface area contributed by atoms with Crippen LogP contribution >= 0.6 is 8.81 Å². The molecule has 0 saturated heterocycles. The molecular formula is C2H8NO2P. The predicted molar refractivity (Wildman–Crippen MR) is 24.9 cm³/mol. The fourth-order valence-corrected chi connectivity index (χ4v) is 0.313. The van der Waals surface area contributed by atoms with Crippen LogP contribution in [0.5, 0.6) is 0 Å². The molecule has 0 aliphatic rings. The van der Waals surface area contributed by atoms with E-state index >= 15 is 0 Å². The summed E-state index contributed by atoms with van der Waals surface area (Å²) >= 11 is 0. The highest BCUT2D eigenvalue weighted by Gasteiger charge is 1.72. The highest BCUT2D eigenvalue weighted by molar-refractivity contribution is 7.32. The van der Waals surface area contributed by atoms with Crippen LogP contribution in [0.1, 0.15) is 6.92 Å². The summed E-state index contributed by atoms with van der Waals surface area (Å²) in [6.45, 7) is 1.97. The number of rotatable bonds is 3. The summed E-state index contributed by atoms with van der Waals surface area (Å²) in [5.41, 5.74) is 1.58. The van der Waals surface area contributed by atoms with Crippen molar-refractivity contribution in [3.63, 3.8) is 0 Å². The van der Waals surface area contributed by atoms with Crippen molar-refractivity contribution >= 4 is 8.81 Å². The van der Waals surface area contributed by atoms with Gasteiger partial charge < -0.3 is 0 Å². The monoisotopic (exact) mass is 109 g/mol. The van der Waals surface area contributed by atoms with Crippen LogP contribution < -0.4 is 5.64 Å². The maximum Gasteiger partial charge on any atom is 0.0429 e. The van der Waals surface area contributed by atoms with Crippen LogP contribution in [0.4, 0.5) is 0 Å². The fraction of sp³-hybridized carbons (Fsp3) is 1.00. The second-order valence-electron chi connectivity index (χ2n) is 0.691. The van der Waals surface area contributed by atoms with Crippen molar-refractivity contribution in [2.45, 2.75) is 6.92 Å². The molecule has 0 aromatic carbocycles. The molecule has 1 unspecified atom stereocenters. The Kier molecular flexibility index (Phi) is 5.58. The fourth-order valence-electron chi connectivity index (χ4n) is 0.104. The minimum absolute atomic E-state index is 0.354. The van der Waals surface area contributed by atoms with Crippen molar-refractivity contribution in [1.29, 1.82) is 0 Å². The lowest BCUT2D eigenvalue weighted by Crippen LogP contribution is -1.99. The van der Waals surface area contributed by atoms with Gasteiger partial charge >= 0.3 is 0 Å². The highest BCUT2D eigenvalue weighted by atomic mass is 31.1. The molecule has 0 aliphatic carbocycles. The van der Waals surface area contributed by atoms with Gasteiger partial charge in [-0.15, -0.1) is 0 Å². The molecule has 0 saturated carbocycles. The van der Waals surface area contributed by atoms with Gasteiger partial charge in [0.1, 0.15) is 0 Å². The molecule has 3 nitrogen and oxygen atoms in total. The van der Waals surface area contributed by atoms with Crippen molar-refractivity contribution in [3.8, 4) is 0 Å². The lowest BCUT2D eigenvalue weighted by Gasteiger charge is -1.91. The van der Waals surface area contributed by atoms with Crippen molar-refractivity contribution in [1.82, 2.24) is 5.64 Å². The largest absolute Gasteiger partial charge is 0.292 e. The highest BCUT2D eigenvalue weighted by Crippen LogP contribution is 2.04. The number of hydrogen-bond donors (Lipinski definition) is 2. The molecule has 0 aromatic rings. The lowest BCUT2D eigenvalue weighted by molar-refractivity contribution is -0.0315. The molecule has 4 heteroatoms. The van der Waals surface area contributed by atoms with Gasteiger partial charge in [0.2, 0.25) is 0 Å². The van der Waals surface area contributed by atoms with E-state index in [2.05, 4.69) is 4.62 Å². The maximum absolute atomic E-state index is 7.73. The van der Waals surface area contributed by atoms with Crippen LogP contribution in [0.25, 0.3) is 0 Å². The Balaban J connectivity index is 2.34. The molecule has 6 heavy (non-hydrogen) atoms. The van der Waals surface area contributed by atoms with E-state index < -0.39 is 0 Å². The molecule has 0 bridgehead atoms. The third-order valence-corrected chi connectivity index (χ3v) is 0.786. The van der Waals surface area contributed by atoms with Gasteiger partial charge in [-0.25, -0.2) is 0 Å². The Morgan fingerprint density at radius 2 is 2.67 bits per heavy atom. The van der Waals surface area contributed by atoms with Crippen molar-refractivity contribution in [2.24, 2.45) is 0 Å². The summed E-state index contributed by atoms with van der Waals surface area (Å²) in [4.78, 5) is 0. The zero-order valence-corrected chi connectivity index (χ0v) is 4.56. The van der Waals surface area contributed by atoms with Gasteiger partial charge in [-0.3, -0.25) is 9.83 Å². The topological polar surface area (TPSA) is 41.5 Å². The van der Waals surface area contributed by atoms with Crippen LogP contribution in [0.15, 0.2) is 0 Å². The molecule has 0 aliphatic heterocycles. The van der Waals surface area contributed by atoms with Crippen molar-refractivity contribution < 1.29 is 9.83 Å². The van der Waals surface area contributed by atoms with E-state index in [1.807, 2.05) is 6.92 Å². The van der Waals surface area contributed by atoms with E-state index in [1.54, 1.807) is 5.64 Å². The van der Waals surface area contributed by atoms with Crippen LogP contribution in [-0.2, 0) is 4.62 Å². The number of nitrogens with one attached hydrogen (secondary N) is 1. The molecule has 0 fully saturated rings. The quantitative estimate of drug-likeness (QED) is 0.315. The van der Waals surface area contributed by atoms with E-state index in [4.69, 9.17) is 5.21 Å². The summed E-state index contributed by atoms with van der Waals surface area (Å²) in [5.74, 6) is 0. The van der Waals surface area contributed by atoms with E-state index in [1.165, 1.54) is 0 Å². The number of hydrogen-bond acceptors (Lipinski definition) is 3. The van der Waals surface area contributed by atoms with E-state index in [-0.39, 0.29) is 0 Å². The molecule has 0 heterocycles. The second kappa shape index (κ2) is 5.31. The zero-order valence-electron chi connectivity index (χ0n) is 3.56. The summed E-state index contributed by atoms with van der Waals surface area (Å²) in [5, 5.41) is 7.73. The Bertz CT molecular complexity index is 23.5. The molecule has 2 N–H and O–H groups in total. The van der Waals surface area contributed by atoms with Crippen molar-refractivity contribution in [3.05, 3.63) is 0 Å². The van der Waals surface area contributed by atoms with Crippen LogP contribution in [-0.4, -0.2) is 11.4 Å². The summed E-state index contributed by atoms with van der Waals surface area (Å²) < 4.78 is 4.32. The standard InChI is InChI=1S/C2H8NO2P/c1-2-6-5-3-4/h3-4,6H,2H2,1H3. The third-order valence-electron chi connectivity index (χ3n) is 0.262. The van der Waals surface area contributed by atoms with Gasteiger partial charge in [-0.1, -0.05) is 12.6 Å². The Morgan fingerprint density at radius 1 is 2.00 bits per heavy atom. The van der Waals surface area contributed by atoms with Crippen LogP contribution in [0.3, 0.4) is 0 Å².